The SMILES string of the molecule is CC(/C=C/C1=C(CO)C(=O)CCC1(C)C)=C\C=C\C(C)=C\C(=O)[O-]. The number of allylic oxidation sites excluding steroid dienone is 8. The van der Waals surface area contributed by atoms with E-state index in [0.717, 1.165) is 23.6 Å². The van der Waals surface area contributed by atoms with Crippen molar-refractivity contribution in [3.05, 3.63) is 58.7 Å². The van der Waals surface area contributed by atoms with Gasteiger partial charge >= 0.3 is 0 Å². The lowest BCUT2D eigenvalue weighted by molar-refractivity contribution is -0.297. The summed E-state index contributed by atoms with van der Waals surface area (Å²) in [6.07, 6.45) is 11.4. The van der Waals surface area contributed by atoms with Crippen molar-refractivity contribution in [1.29, 1.82) is 0 Å². The monoisotopic (exact) mass is 329 g/mol. The Bertz CT molecular complexity index is 655. The molecule has 4 nitrogen and oxygen atoms in total. The highest BCUT2D eigenvalue weighted by Crippen LogP contribution is 2.39. The highest BCUT2D eigenvalue weighted by molar-refractivity contribution is 5.98. The van der Waals surface area contributed by atoms with Gasteiger partial charge in [-0.15, -0.1) is 0 Å². The van der Waals surface area contributed by atoms with Gasteiger partial charge in [-0.05, 0) is 42.9 Å². The number of carboxylic acids is 1. The lowest BCUT2D eigenvalue weighted by atomic mass is 9.72. The molecule has 0 heterocycles. The first-order valence-corrected chi connectivity index (χ1v) is 7.97. The van der Waals surface area contributed by atoms with E-state index in [0.29, 0.717) is 17.6 Å². The molecule has 0 radical (unpaired) electrons. The number of hydrogen-bond donors (Lipinski definition) is 1. The second kappa shape index (κ2) is 8.60. The van der Waals surface area contributed by atoms with Crippen molar-refractivity contribution in [2.45, 2.75) is 40.5 Å². The summed E-state index contributed by atoms with van der Waals surface area (Å²) < 4.78 is 0. The number of rotatable bonds is 6. The van der Waals surface area contributed by atoms with Gasteiger partial charge in [-0.1, -0.05) is 49.8 Å². The molecular formula is C20H25O4-. The minimum atomic E-state index is -1.22. The fourth-order valence-corrected chi connectivity index (χ4v) is 2.63. The first kappa shape index (κ1) is 19.8. The third-order valence-corrected chi connectivity index (χ3v) is 4.10. The van der Waals surface area contributed by atoms with Gasteiger partial charge in [0.25, 0.3) is 0 Å². The number of carbonyl (C=O) groups excluding carboxylic acids is 2. The second-order valence-electron chi connectivity index (χ2n) is 6.67. The Morgan fingerprint density at radius 3 is 2.50 bits per heavy atom. The number of aliphatic hydroxyl groups excluding tert-OH is 1. The maximum Gasteiger partial charge on any atom is 0.161 e. The van der Waals surface area contributed by atoms with Crippen LogP contribution in [0, 0.1) is 5.41 Å². The normalized spacial score (nSPS) is 19.6. The van der Waals surface area contributed by atoms with Crippen LogP contribution in [0.4, 0.5) is 0 Å². The fourth-order valence-electron chi connectivity index (χ4n) is 2.63. The Balaban J connectivity index is 2.97. The molecule has 0 aliphatic heterocycles. The molecule has 1 rings (SSSR count). The lowest BCUT2D eigenvalue weighted by Crippen LogP contribution is -2.26. The average molecular weight is 329 g/mol. The Morgan fingerprint density at radius 1 is 1.25 bits per heavy atom. The number of aliphatic hydroxyl groups is 1. The predicted molar refractivity (Wildman–Crippen MR) is 92.9 cm³/mol. The van der Waals surface area contributed by atoms with Crippen molar-refractivity contribution >= 4 is 11.8 Å². The smallest absolute Gasteiger partial charge is 0.161 e. The minimum absolute atomic E-state index is 0.0149. The summed E-state index contributed by atoms with van der Waals surface area (Å²) in [5.41, 5.74) is 2.77. The Labute approximate surface area is 143 Å². The van der Waals surface area contributed by atoms with Crippen molar-refractivity contribution in [1.82, 2.24) is 0 Å². The molecule has 0 unspecified atom stereocenters. The van der Waals surface area contributed by atoms with E-state index in [1.54, 1.807) is 19.1 Å². The average Bonchev–Trinajstić information content (AvgIpc) is 2.47. The molecule has 0 aromatic rings. The highest BCUT2D eigenvalue weighted by atomic mass is 16.4. The molecule has 0 spiro atoms. The van der Waals surface area contributed by atoms with Crippen LogP contribution < -0.4 is 5.11 Å². The maximum absolute atomic E-state index is 12.0. The van der Waals surface area contributed by atoms with Crippen molar-refractivity contribution in [3.63, 3.8) is 0 Å². The third-order valence-electron chi connectivity index (χ3n) is 4.10. The zero-order valence-electron chi connectivity index (χ0n) is 14.8. The van der Waals surface area contributed by atoms with E-state index in [2.05, 4.69) is 13.8 Å². The first-order chi connectivity index (χ1) is 11.2. The topological polar surface area (TPSA) is 77.4 Å². The molecule has 0 amide bonds. The van der Waals surface area contributed by atoms with E-state index in [1.165, 1.54) is 0 Å². The molecular weight excluding hydrogens is 304 g/mol. The van der Waals surface area contributed by atoms with Crippen LogP contribution in [0.3, 0.4) is 0 Å². The first-order valence-electron chi connectivity index (χ1n) is 7.97. The summed E-state index contributed by atoms with van der Waals surface area (Å²) in [5, 5.41) is 19.9. The molecule has 0 saturated carbocycles. The van der Waals surface area contributed by atoms with Crippen LogP contribution in [-0.4, -0.2) is 23.5 Å². The molecule has 130 valence electrons. The number of carboxylic acid groups (broad SMARTS) is 1. The number of hydrogen-bond acceptors (Lipinski definition) is 4. The van der Waals surface area contributed by atoms with Crippen LogP contribution in [0.15, 0.2) is 58.7 Å². The summed E-state index contributed by atoms with van der Waals surface area (Å²) in [5.74, 6) is -1.20. The molecule has 0 fully saturated rings. The largest absolute Gasteiger partial charge is 0.545 e. The van der Waals surface area contributed by atoms with Gasteiger partial charge in [0.2, 0.25) is 0 Å². The molecule has 1 aliphatic rings. The fraction of sp³-hybridized carbons (Fsp3) is 0.400. The van der Waals surface area contributed by atoms with E-state index in [4.69, 9.17) is 0 Å². The third kappa shape index (κ3) is 5.78. The Kier molecular flexibility index (Phi) is 7.11. The van der Waals surface area contributed by atoms with Gasteiger partial charge in [0.05, 0.1) is 12.6 Å². The number of aliphatic carboxylic acids is 1. The maximum atomic E-state index is 12.0. The van der Waals surface area contributed by atoms with E-state index in [-0.39, 0.29) is 17.8 Å². The summed E-state index contributed by atoms with van der Waals surface area (Å²) >= 11 is 0. The van der Waals surface area contributed by atoms with Gasteiger partial charge in [-0.2, -0.15) is 0 Å². The van der Waals surface area contributed by atoms with E-state index in [1.807, 2.05) is 25.2 Å². The molecule has 0 bridgehead atoms. The predicted octanol–water partition coefficient (Wildman–Crippen LogP) is 2.42. The summed E-state index contributed by atoms with van der Waals surface area (Å²) in [6, 6.07) is 0. The zero-order chi connectivity index (χ0) is 18.3. The van der Waals surface area contributed by atoms with Crippen LogP contribution in [0.25, 0.3) is 0 Å². The molecule has 24 heavy (non-hydrogen) atoms. The quantitative estimate of drug-likeness (QED) is 0.600. The Morgan fingerprint density at radius 2 is 1.92 bits per heavy atom. The van der Waals surface area contributed by atoms with Crippen LogP contribution in [0.2, 0.25) is 0 Å². The number of ketones is 1. The molecule has 0 atom stereocenters. The van der Waals surface area contributed by atoms with E-state index in [9.17, 15) is 19.8 Å². The van der Waals surface area contributed by atoms with Crippen LogP contribution in [-0.2, 0) is 9.59 Å². The number of carbonyl (C=O) groups is 2. The van der Waals surface area contributed by atoms with Crippen LogP contribution in [0.1, 0.15) is 40.5 Å². The highest BCUT2D eigenvalue weighted by Gasteiger charge is 2.32. The minimum Gasteiger partial charge on any atom is -0.545 e. The van der Waals surface area contributed by atoms with E-state index < -0.39 is 5.97 Å². The molecule has 1 N–H and O–H groups in total. The summed E-state index contributed by atoms with van der Waals surface area (Å²) in [4.78, 5) is 22.4. The van der Waals surface area contributed by atoms with Crippen molar-refractivity contribution in [2.75, 3.05) is 6.61 Å². The van der Waals surface area contributed by atoms with E-state index >= 15 is 0 Å². The standard InChI is InChI=1S/C20H26O4/c1-14(6-5-7-15(2)12-19(23)24)8-9-17-16(13-21)18(22)10-11-20(17,3)4/h5-9,12,21H,10-11,13H2,1-4H3,(H,23,24)/p-1/b7-5+,9-8+,14-6+,15-12+. The summed E-state index contributed by atoms with van der Waals surface area (Å²) in [6.45, 7) is 7.50. The number of Topliss-reactive ketones (excluding diaryl/α,β-unsaturated/α-hetero) is 1. The zero-order valence-corrected chi connectivity index (χ0v) is 14.8. The summed E-state index contributed by atoms with van der Waals surface area (Å²) in [7, 11) is 0. The van der Waals surface area contributed by atoms with Gasteiger partial charge in [0, 0.05) is 12.0 Å². The van der Waals surface area contributed by atoms with Crippen molar-refractivity contribution in [2.24, 2.45) is 5.41 Å². The second-order valence-corrected chi connectivity index (χ2v) is 6.67. The lowest BCUT2D eigenvalue weighted by Gasteiger charge is -2.32. The van der Waals surface area contributed by atoms with Gasteiger partial charge in [-0.3, -0.25) is 4.79 Å². The van der Waals surface area contributed by atoms with Gasteiger partial charge in [0.1, 0.15) is 0 Å². The molecule has 4 heteroatoms. The van der Waals surface area contributed by atoms with Gasteiger partial charge in [0.15, 0.2) is 5.78 Å². The van der Waals surface area contributed by atoms with Gasteiger partial charge < -0.3 is 15.0 Å². The van der Waals surface area contributed by atoms with Gasteiger partial charge in [-0.25, -0.2) is 0 Å². The van der Waals surface area contributed by atoms with Crippen LogP contribution >= 0.6 is 0 Å². The van der Waals surface area contributed by atoms with Crippen LogP contribution in [0.5, 0.6) is 0 Å². The molecule has 0 aromatic heterocycles. The molecule has 0 saturated heterocycles. The Hall–Kier alpha value is -2.20. The molecule has 1 aliphatic carbocycles. The molecule has 0 aromatic carbocycles. The van der Waals surface area contributed by atoms with Crippen molar-refractivity contribution in [3.8, 4) is 0 Å². The van der Waals surface area contributed by atoms with Crippen molar-refractivity contribution < 1.29 is 19.8 Å².